The van der Waals surface area contributed by atoms with Crippen LogP contribution < -0.4 is 20.9 Å². The maximum absolute atomic E-state index is 5.69. The second-order valence-electron chi connectivity index (χ2n) is 14.9. The Morgan fingerprint density at radius 1 is 0.474 bits per heavy atom. The van der Waals surface area contributed by atoms with Crippen molar-refractivity contribution in [3.63, 3.8) is 0 Å². The molecule has 0 spiro atoms. The zero-order valence-corrected chi connectivity index (χ0v) is 32.6. The molecular formula is C52H33N3SSi. The van der Waals surface area contributed by atoms with Gasteiger partial charge in [-0.15, -0.1) is 11.3 Å². The Balaban J connectivity index is 1.19. The molecule has 0 saturated heterocycles. The minimum absolute atomic E-state index is 0.746. The number of hydrogen-bond acceptors (Lipinski definition) is 3. The average molecular weight is 760 g/mol. The molecule has 0 amide bonds. The summed E-state index contributed by atoms with van der Waals surface area (Å²) in [5, 5.41) is 10.2. The van der Waals surface area contributed by atoms with Crippen molar-refractivity contribution in [3.05, 3.63) is 200 Å². The smallest absolute Gasteiger partial charge is 0.203 e. The van der Waals surface area contributed by atoms with Crippen LogP contribution in [0.15, 0.2) is 200 Å². The monoisotopic (exact) mass is 759 g/mol. The van der Waals surface area contributed by atoms with Crippen molar-refractivity contribution in [1.29, 1.82) is 0 Å². The van der Waals surface area contributed by atoms with Gasteiger partial charge < -0.3 is 4.57 Å². The predicted octanol–water partition coefficient (Wildman–Crippen LogP) is 10.6. The van der Waals surface area contributed by atoms with E-state index in [1.807, 2.05) is 11.3 Å². The van der Waals surface area contributed by atoms with E-state index in [1.54, 1.807) is 0 Å². The van der Waals surface area contributed by atoms with Gasteiger partial charge in [0.05, 0.1) is 26.7 Å². The first-order valence-corrected chi connectivity index (χ1v) is 22.2. The highest BCUT2D eigenvalue weighted by Gasteiger charge is 2.51. The van der Waals surface area contributed by atoms with Crippen LogP contribution in [0.1, 0.15) is 0 Å². The molecule has 1 aliphatic heterocycles. The van der Waals surface area contributed by atoms with Crippen molar-refractivity contribution >= 4 is 82.3 Å². The fourth-order valence-electron chi connectivity index (χ4n) is 9.49. The summed E-state index contributed by atoms with van der Waals surface area (Å²) in [5.74, 6) is 0.746. The van der Waals surface area contributed by atoms with Gasteiger partial charge in [0.1, 0.15) is 0 Å². The zero-order chi connectivity index (χ0) is 37.5. The first-order chi connectivity index (χ1) is 28.3. The number of para-hydroxylation sites is 1. The Morgan fingerprint density at radius 3 is 1.89 bits per heavy atom. The Kier molecular flexibility index (Phi) is 7.12. The Bertz CT molecular complexity index is 3310. The third-order valence-electron chi connectivity index (χ3n) is 11.9. The molecule has 57 heavy (non-hydrogen) atoms. The summed E-state index contributed by atoms with van der Waals surface area (Å²) in [5.41, 5.74) is 8.94. The van der Waals surface area contributed by atoms with Gasteiger partial charge in [-0.1, -0.05) is 176 Å². The molecule has 1 aliphatic rings. The highest BCUT2D eigenvalue weighted by Crippen LogP contribution is 2.44. The summed E-state index contributed by atoms with van der Waals surface area (Å²) in [6.45, 7) is 0. The molecule has 8 aromatic carbocycles. The van der Waals surface area contributed by atoms with E-state index in [1.165, 1.54) is 63.1 Å². The van der Waals surface area contributed by atoms with Gasteiger partial charge in [-0.2, -0.15) is 0 Å². The SMILES string of the molecule is c1ccc(-c2nc(-c3cccc(-n4c5ccccc5c5ccc6c7ccccc7sc6c54)c3)c3c(n2)[Si](c2ccccc2)(c2ccccc2)c2ccccc2-3)cc1. The van der Waals surface area contributed by atoms with Crippen molar-refractivity contribution in [3.8, 4) is 39.5 Å². The number of thiophene rings is 1. The topological polar surface area (TPSA) is 30.7 Å². The summed E-state index contributed by atoms with van der Waals surface area (Å²) in [6.07, 6.45) is 0. The summed E-state index contributed by atoms with van der Waals surface area (Å²) in [4.78, 5) is 11.3. The molecule has 3 aromatic heterocycles. The van der Waals surface area contributed by atoms with Crippen molar-refractivity contribution in [1.82, 2.24) is 14.5 Å². The van der Waals surface area contributed by atoms with Crippen LogP contribution in [0.4, 0.5) is 0 Å². The lowest BCUT2D eigenvalue weighted by Crippen LogP contribution is -2.73. The number of rotatable bonds is 5. The molecule has 0 bridgehead atoms. The summed E-state index contributed by atoms with van der Waals surface area (Å²) in [7, 11) is -2.90. The van der Waals surface area contributed by atoms with Crippen LogP contribution in [0.3, 0.4) is 0 Å². The van der Waals surface area contributed by atoms with Gasteiger partial charge >= 0.3 is 0 Å². The van der Waals surface area contributed by atoms with Gasteiger partial charge in [-0.05, 0) is 45.4 Å². The molecule has 11 aromatic rings. The van der Waals surface area contributed by atoms with E-state index in [2.05, 4.69) is 205 Å². The van der Waals surface area contributed by atoms with Gasteiger partial charge in [0.2, 0.25) is 8.07 Å². The summed E-state index contributed by atoms with van der Waals surface area (Å²) >= 11 is 1.88. The fourth-order valence-corrected chi connectivity index (χ4v) is 15.7. The highest BCUT2D eigenvalue weighted by atomic mass is 32.1. The van der Waals surface area contributed by atoms with Crippen molar-refractivity contribution in [2.24, 2.45) is 0 Å². The lowest BCUT2D eigenvalue weighted by molar-refractivity contribution is 1.18. The normalized spacial score (nSPS) is 13.1. The van der Waals surface area contributed by atoms with E-state index in [-0.39, 0.29) is 0 Å². The molecule has 0 fully saturated rings. The molecule has 0 saturated carbocycles. The van der Waals surface area contributed by atoms with Crippen LogP contribution >= 0.6 is 11.3 Å². The van der Waals surface area contributed by atoms with E-state index >= 15 is 0 Å². The van der Waals surface area contributed by atoms with Crippen LogP contribution in [-0.2, 0) is 0 Å². The van der Waals surface area contributed by atoms with Crippen LogP contribution in [0.5, 0.6) is 0 Å². The summed E-state index contributed by atoms with van der Waals surface area (Å²) < 4.78 is 5.09. The minimum atomic E-state index is -2.90. The standard InChI is InChI=1S/C52H33N3SSi/c1-4-17-34(18-5-1)51-53-48(47-43-27-12-15-30-46(43)57(52(47)54-51,37-21-6-2-7-22-37)38-23-8-3-9-24-38)35-19-16-20-36(33-35)55-44-28-13-10-25-39(44)41-31-32-42-40-26-11-14-29-45(40)56-50(42)49(41)55/h1-33H. The highest BCUT2D eigenvalue weighted by molar-refractivity contribution is 7.26. The Hall–Kier alpha value is -6.92. The van der Waals surface area contributed by atoms with E-state index in [4.69, 9.17) is 9.97 Å². The molecule has 0 N–H and O–H groups in total. The Labute approximate surface area is 334 Å². The first-order valence-electron chi connectivity index (χ1n) is 19.4. The molecule has 0 aliphatic carbocycles. The second-order valence-corrected chi connectivity index (χ2v) is 19.6. The molecule has 0 radical (unpaired) electrons. The third-order valence-corrected chi connectivity index (χ3v) is 17.8. The summed E-state index contributed by atoms with van der Waals surface area (Å²) in [6, 6.07) is 72.9. The number of benzene rings is 8. The van der Waals surface area contributed by atoms with Gasteiger partial charge in [0.15, 0.2) is 5.82 Å². The third kappa shape index (κ3) is 4.64. The van der Waals surface area contributed by atoms with Crippen LogP contribution in [0.25, 0.3) is 81.4 Å². The van der Waals surface area contributed by atoms with Gasteiger partial charge in [0, 0.05) is 48.6 Å². The number of aromatic nitrogens is 3. The van der Waals surface area contributed by atoms with Gasteiger partial charge in [0.25, 0.3) is 0 Å². The van der Waals surface area contributed by atoms with Gasteiger partial charge in [-0.3, -0.25) is 0 Å². The number of nitrogens with zero attached hydrogens (tertiary/aromatic N) is 3. The van der Waals surface area contributed by atoms with E-state index in [9.17, 15) is 0 Å². The van der Waals surface area contributed by atoms with E-state index in [0.717, 1.165) is 39.2 Å². The lowest BCUT2D eigenvalue weighted by atomic mass is 10.00. The van der Waals surface area contributed by atoms with Crippen LogP contribution in [0, 0.1) is 0 Å². The number of fused-ring (bicyclic) bond motifs is 10. The average Bonchev–Trinajstić information content (AvgIpc) is 3.94. The van der Waals surface area contributed by atoms with Crippen molar-refractivity contribution in [2.75, 3.05) is 0 Å². The minimum Gasteiger partial charge on any atom is -0.308 e. The largest absolute Gasteiger partial charge is 0.308 e. The van der Waals surface area contributed by atoms with Crippen molar-refractivity contribution in [2.45, 2.75) is 0 Å². The lowest BCUT2D eigenvalue weighted by Gasteiger charge is -2.30. The van der Waals surface area contributed by atoms with Crippen LogP contribution in [0.2, 0.25) is 0 Å². The maximum atomic E-state index is 5.69. The molecule has 266 valence electrons. The quantitative estimate of drug-likeness (QED) is 0.164. The fraction of sp³-hybridized carbons (Fsp3) is 0. The molecule has 5 heteroatoms. The molecule has 0 atom stereocenters. The predicted molar refractivity (Wildman–Crippen MR) is 243 cm³/mol. The zero-order valence-electron chi connectivity index (χ0n) is 30.8. The van der Waals surface area contributed by atoms with Crippen molar-refractivity contribution < 1.29 is 0 Å². The molecule has 4 heterocycles. The maximum Gasteiger partial charge on any atom is 0.203 e. The van der Waals surface area contributed by atoms with E-state index < -0.39 is 8.07 Å². The number of hydrogen-bond donors (Lipinski definition) is 0. The van der Waals surface area contributed by atoms with E-state index in [0.29, 0.717) is 0 Å². The molecule has 12 rings (SSSR count). The molecule has 3 nitrogen and oxygen atoms in total. The second kappa shape index (κ2) is 12.5. The molecular weight excluding hydrogens is 727 g/mol. The first kappa shape index (κ1) is 32.3. The Morgan fingerprint density at radius 2 is 1.11 bits per heavy atom. The molecule has 0 unspecified atom stereocenters. The van der Waals surface area contributed by atoms with Crippen LogP contribution in [-0.4, -0.2) is 22.6 Å². The van der Waals surface area contributed by atoms with Gasteiger partial charge in [-0.25, -0.2) is 9.97 Å².